The van der Waals surface area contributed by atoms with Crippen LogP contribution in [0.4, 0.5) is 0 Å². The number of hydrogen-bond donors (Lipinski definition) is 1. The van der Waals surface area contributed by atoms with Gasteiger partial charge in [-0.25, -0.2) is 4.98 Å². The van der Waals surface area contributed by atoms with Gasteiger partial charge < -0.3 is 5.11 Å². The molecule has 0 saturated carbocycles. The first-order chi connectivity index (χ1) is 9.25. The maximum Gasteiger partial charge on any atom is 0.310 e. The summed E-state index contributed by atoms with van der Waals surface area (Å²) < 4.78 is 0. The van der Waals surface area contributed by atoms with E-state index in [2.05, 4.69) is 38.1 Å². The Morgan fingerprint density at radius 2 is 2.00 bits per heavy atom. The second-order valence-corrected chi connectivity index (χ2v) is 7.54. The van der Waals surface area contributed by atoms with Crippen LogP contribution in [0.25, 0.3) is 0 Å². The number of carboxylic acids is 1. The normalized spacial score (nSPS) is 15.1. The van der Waals surface area contributed by atoms with E-state index < -0.39 is 11.4 Å². The molecule has 114 valence electrons. The van der Waals surface area contributed by atoms with Crippen LogP contribution in [0.15, 0.2) is 5.38 Å². The maximum absolute atomic E-state index is 11.7. The molecule has 1 aromatic heterocycles. The molecule has 0 aliphatic heterocycles. The molecule has 1 unspecified atom stereocenters. The Balaban J connectivity index is 2.95. The van der Waals surface area contributed by atoms with Crippen LogP contribution in [0, 0.1) is 5.41 Å². The molecule has 0 saturated heterocycles. The Morgan fingerprint density at radius 1 is 1.35 bits per heavy atom. The van der Waals surface area contributed by atoms with E-state index in [1.165, 1.54) is 0 Å². The number of unbranched alkanes of at least 4 members (excludes halogenated alkanes) is 1. The van der Waals surface area contributed by atoms with Crippen molar-refractivity contribution in [2.24, 2.45) is 5.41 Å². The Morgan fingerprint density at radius 3 is 2.40 bits per heavy atom. The summed E-state index contributed by atoms with van der Waals surface area (Å²) >= 11 is 1.60. The summed E-state index contributed by atoms with van der Waals surface area (Å²) in [7, 11) is 0. The van der Waals surface area contributed by atoms with Crippen molar-refractivity contribution >= 4 is 17.3 Å². The molecule has 4 heteroatoms. The van der Waals surface area contributed by atoms with Gasteiger partial charge in [0.2, 0.25) is 0 Å². The van der Waals surface area contributed by atoms with Gasteiger partial charge in [-0.2, -0.15) is 0 Å². The molecule has 0 spiro atoms. The summed E-state index contributed by atoms with van der Waals surface area (Å²) in [4.78, 5) is 16.4. The Bertz CT molecular complexity index is 448. The third-order valence-electron chi connectivity index (χ3n) is 3.95. The van der Waals surface area contributed by atoms with Gasteiger partial charge in [0.25, 0.3) is 0 Å². The number of aromatic nitrogens is 1. The van der Waals surface area contributed by atoms with Crippen LogP contribution < -0.4 is 0 Å². The standard InChI is InChI=1S/C16H27NO2S/c1-6-8-9-16(7-2,14(18)19)10-13-17-12(11-20-13)15(3,4)5/h11H,6-10H2,1-5H3,(H,18,19). The fourth-order valence-corrected chi connectivity index (χ4v) is 3.43. The average molecular weight is 297 g/mol. The molecule has 20 heavy (non-hydrogen) atoms. The molecule has 3 nitrogen and oxygen atoms in total. The minimum absolute atomic E-state index is 0.0241. The smallest absolute Gasteiger partial charge is 0.310 e. The van der Waals surface area contributed by atoms with Crippen molar-refractivity contribution in [3.63, 3.8) is 0 Å². The molecule has 0 radical (unpaired) electrons. The summed E-state index contributed by atoms with van der Waals surface area (Å²) in [6.45, 7) is 10.5. The lowest BCUT2D eigenvalue weighted by atomic mass is 9.77. The van der Waals surface area contributed by atoms with Gasteiger partial charge >= 0.3 is 5.97 Å². The van der Waals surface area contributed by atoms with Gasteiger partial charge in [0.15, 0.2) is 0 Å². The molecule has 0 aromatic carbocycles. The summed E-state index contributed by atoms with van der Waals surface area (Å²) in [6, 6.07) is 0. The predicted octanol–water partition coefficient (Wildman–Crippen LogP) is 4.65. The Kier molecular flexibility index (Phi) is 5.75. The highest BCUT2D eigenvalue weighted by Gasteiger charge is 2.37. The van der Waals surface area contributed by atoms with Crippen molar-refractivity contribution in [3.8, 4) is 0 Å². The third kappa shape index (κ3) is 4.05. The predicted molar refractivity (Wildman–Crippen MR) is 84.4 cm³/mol. The summed E-state index contributed by atoms with van der Waals surface area (Å²) in [5, 5.41) is 12.7. The van der Waals surface area contributed by atoms with Gasteiger partial charge in [-0.3, -0.25) is 4.79 Å². The Hall–Kier alpha value is -0.900. The van der Waals surface area contributed by atoms with Crippen LogP contribution in [-0.2, 0) is 16.6 Å². The summed E-state index contributed by atoms with van der Waals surface area (Å²) in [5.74, 6) is -0.680. The highest BCUT2D eigenvalue weighted by Crippen LogP contribution is 2.35. The van der Waals surface area contributed by atoms with E-state index in [1.807, 2.05) is 6.92 Å². The van der Waals surface area contributed by atoms with E-state index in [0.29, 0.717) is 12.8 Å². The van der Waals surface area contributed by atoms with Crippen LogP contribution in [0.2, 0.25) is 0 Å². The van der Waals surface area contributed by atoms with Crippen LogP contribution >= 0.6 is 11.3 Å². The second kappa shape index (κ2) is 6.70. The number of hydrogen-bond acceptors (Lipinski definition) is 3. The van der Waals surface area contributed by atoms with Crippen molar-refractivity contribution in [1.82, 2.24) is 4.98 Å². The largest absolute Gasteiger partial charge is 0.481 e. The minimum Gasteiger partial charge on any atom is -0.481 e. The number of carboxylic acid groups (broad SMARTS) is 1. The molecule has 0 amide bonds. The quantitative estimate of drug-likeness (QED) is 0.796. The number of thiazole rings is 1. The van der Waals surface area contributed by atoms with Gasteiger partial charge in [-0.1, -0.05) is 47.5 Å². The zero-order chi connectivity index (χ0) is 15.4. The second-order valence-electron chi connectivity index (χ2n) is 6.60. The van der Waals surface area contributed by atoms with Gasteiger partial charge in [0, 0.05) is 17.2 Å². The highest BCUT2D eigenvalue weighted by molar-refractivity contribution is 7.09. The zero-order valence-electron chi connectivity index (χ0n) is 13.3. The van der Waals surface area contributed by atoms with Crippen molar-refractivity contribution in [3.05, 3.63) is 16.1 Å². The molecular formula is C16H27NO2S. The van der Waals surface area contributed by atoms with E-state index in [9.17, 15) is 9.90 Å². The summed E-state index contributed by atoms with van der Waals surface area (Å²) in [5.41, 5.74) is 0.433. The van der Waals surface area contributed by atoms with Gasteiger partial charge in [-0.15, -0.1) is 11.3 Å². The lowest BCUT2D eigenvalue weighted by Gasteiger charge is -2.27. The van der Waals surface area contributed by atoms with Crippen molar-refractivity contribution < 1.29 is 9.90 Å². The minimum atomic E-state index is -0.680. The van der Waals surface area contributed by atoms with Gasteiger partial charge in [0.1, 0.15) is 0 Å². The molecule has 1 aromatic rings. The van der Waals surface area contributed by atoms with Crippen molar-refractivity contribution in [1.29, 1.82) is 0 Å². The maximum atomic E-state index is 11.7. The van der Waals surface area contributed by atoms with Gasteiger partial charge in [0.05, 0.1) is 16.1 Å². The van der Waals surface area contributed by atoms with E-state index in [1.54, 1.807) is 11.3 Å². The van der Waals surface area contributed by atoms with E-state index >= 15 is 0 Å². The van der Waals surface area contributed by atoms with Crippen LogP contribution in [0.3, 0.4) is 0 Å². The fourth-order valence-electron chi connectivity index (χ4n) is 2.27. The fraction of sp³-hybridized carbons (Fsp3) is 0.750. The lowest BCUT2D eigenvalue weighted by molar-refractivity contribution is -0.149. The molecule has 1 heterocycles. The first-order valence-corrected chi connectivity index (χ1v) is 8.31. The number of carbonyl (C=O) groups is 1. The number of nitrogens with zero attached hydrogens (tertiary/aromatic N) is 1. The highest BCUT2D eigenvalue weighted by atomic mass is 32.1. The monoisotopic (exact) mass is 297 g/mol. The molecule has 0 fully saturated rings. The molecule has 1 rings (SSSR count). The van der Waals surface area contributed by atoms with E-state index in [0.717, 1.165) is 30.0 Å². The molecule has 1 N–H and O–H groups in total. The average Bonchev–Trinajstić information content (AvgIpc) is 2.82. The molecular weight excluding hydrogens is 270 g/mol. The Labute approximate surface area is 126 Å². The SMILES string of the molecule is CCCCC(CC)(Cc1nc(C(C)(C)C)cs1)C(=O)O. The molecule has 1 atom stereocenters. The first-order valence-electron chi connectivity index (χ1n) is 7.43. The summed E-state index contributed by atoms with van der Waals surface area (Å²) in [6.07, 6.45) is 3.93. The van der Waals surface area contributed by atoms with Gasteiger partial charge in [-0.05, 0) is 12.8 Å². The first kappa shape index (κ1) is 17.2. The molecule has 0 bridgehead atoms. The van der Waals surface area contributed by atoms with Crippen LogP contribution in [0.5, 0.6) is 0 Å². The van der Waals surface area contributed by atoms with Crippen molar-refractivity contribution in [2.45, 2.75) is 72.1 Å². The van der Waals surface area contributed by atoms with E-state index in [-0.39, 0.29) is 5.41 Å². The third-order valence-corrected chi connectivity index (χ3v) is 4.80. The van der Waals surface area contributed by atoms with E-state index in [4.69, 9.17) is 0 Å². The zero-order valence-corrected chi connectivity index (χ0v) is 14.1. The van der Waals surface area contributed by atoms with Crippen molar-refractivity contribution in [2.75, 3.05) is 0 Å². The lowest BCUT2D eigenvalue weighted by Crippen LogP contribution is -2.33. The molecule has 0 aliphatic rings. The molecule has 0 aliphatic carbocycles. The number of rotatable bonds is 7. The number of aliphatic carboxylic acids is 1. The van der Waals surface area contributed by atoms with Crippen LogP contribution in [-0.4, -0.2) is 16.1 Å². The van der Waals surface area contributed by atoms with Crippen LogP contribution in [0.1, 0.15) is 71.0 Å². The topological polar surface area (TPSA) is 50.2 Å².